The van der Waals surface area contributed by atoms with Gasteiger partial charge in [-0.3, -0.25) is 0 Å². The summed E-state index contributed by atoms with van der Waals surface area (Å²) in [6, 6.07) is 4.25. The van der Waals surface area contributed by atoms with Gasteiger partial charge >= 0.3 is 0 Å². The van der Waals surface area contributed by atoms with E-state index in [2.05, 4.69) is 48.1 Å². The minimum Gasteiger partial charge on any atom is -0.371 e. The van der Waals surface area contributed by atoms with Crippen molar-refractivity contribution in [2.75, 3.05) is 29.9 Å². The molecule has 3 heteroatoms. The van der Waals surface area contributed by atoms with E-state index >= 15 is 0 Å². The molecule has 96 valence electrons. The van der Waals surface area contributed by atoms with E-state index in [1.807, 2.05) is 6.20 Å². The average Bonchev–Trinajstić information content (AvgIpc) is 2.36. The normalized spacial score (nSPS) is 10.3. The van der Waals surface area contributed by atoms with Crippen LogP contribution in [0.4, 0.5) is 11.5 Å². The molecule has 0 aliphatic heterocycles. The third-order valence-electron chi connectivity index (χ3n) is 2.65. The van der Waals surface area contributed by atoms with Gasteiger partial charge in [-0.05, 0) is 25.3 Å². The molecule has 0 aliphatic carbocycles. The van der Waals surface area contributed by atoms with Crippen molar-refractivity contribution in [1.82, 2.24) is 4.98 Å². The number of aromatic nitrogens is 1. The average molecular weight is 235 g/mol. The van der Waals surface area contributed by atoms with Gasteiger partial charge in [0, 0.05) is 37.6 Å². The molecule has 17 heavy (non-hydrogen) atoms. The largest absolute Gasteiger partial charge is 0.371 e. The van der Waals surface area contributed by atoms with Crippen LogP contribution in [0.15, 0.2) is 18.3 Å². The van der Waals surface area contributed by atoms with Gasteiger partial charge in [-0.1, -0.05) is 20.8 Å². The first-order chi connectivity index (χ1) is 8.31. The molecular formula is C14H25N3. The second kappa shape index (κ2) is 7.93. The first-order valence-electron chi connectivity index (χ1n) is 6.76. The quantitative estimate of drug-likeness (QED) is 0.747. The van der Waals surface area contributed by atoms with E-state index in [1.54, 1.807) is 0 Å². The summed E-state index contributed by atoms with van der Waals surface area (Å²) in [6.45, 7) is 9.83. The summed E-state index contributed by atoms with van der Waals surface area (Å²) in [7, 11) is 0. The van der Waals surface area contributed by atoms with Crippen molar-refractivity contribution in [2.24, 2.45) is 0 Å². The van der Waals surface area contributed by atoms with E-state index in [1.165, 1.54) is 18.5 Å². The lowest BCUT2D eigenvalue weighted by atomic mass is 10.3. The van der Waals surface area contributed by atoms with Gasteiger partial charge in [-0.2, -0.15) is 0 Å². The fourth-order valence-electron chi connectivity index (χ4n) is 1.88. The molecule has 1 rings (SSSR count). The van der Waals surface area contributed by atoms with Crippen molar-refractivity contribution in [3.05, 3.63) is 18.3 Å². The Kier molecular flexibility index (Phi) is 6.45. The maximum atomic E-state index is 4.34. The maximum absolute atomic E-state index is 4.34. The lowest BCUT2D eigenvalue weighted by molar-refractivity contribution is 0.744. The number of anilines is 2. The molecule has 0 saturated heterocycles. The number of rotatable bonds is 8. The Labute approximate surface area is 105 Å². The Bertz CT molecular complexity index is 306. The van der Waals surface area contributed by atoms with Gasteiger partial charge in [0.2, 0.25) is 0 Å². The van der Waals surface area contributed by atoms with Crippen LogP contribution < -0.4 is 10.2 Å². The van der Waals surface area contributed by atoms with Gasteiger partial charge in [0.15, 0.2) is 0 Å². The zero-order valence-corrected chi connectivity index (χ0v) is 11.4. The molecule has 0 unspecified atom stereocenters. The van der Waals surface area contributed by atoms with E-state index in [9.17, 15) is 0 Å². The highest BCUT2D eigenvalue weighted by Gasteiger charge is 2.05. The molecule has 1 N–H and O–H groups in total. The number of nitrogens with one attached hydrogen (secondary N) is 1. The topological polar surface area (TPSA) is 28.2 Å². The molecule has 0 spiro atoms. The number of hydrogen-bond acceptors (Lipinski definition) is 3. The van der Waals surface area contributed by atoms with Gasteiger partial charge < -0.3 is 10.2 Å². The summed E-state index contributed by atoms with van der Waals surface area (Å²) < 4.78 is 0. The molecule has 0 fully saturated rings. The Morgan fingerprint density at radius 2 is 1.82 bits per heavy atom. The lowest BCUT2D eigenvalue weighted by Crippen LogP contribution is -2.24. The minimum atomic E-state index is 0.984. The molecule has 0 saturated carbocycles. The summed E-state index contributed by atoms with van der Waals surface area (Å²) in [4.78, 5) is 6.77. The van der Waals surface area contributed by atoms with E-state index in [4.69, 9.17) is 0 Å². The van der Waals surface area contributed by atoms with Crippen molar-refractivity contribution < 1.29 is 0 Å². The number of nitrogens with zero attached hydrogens (tertiary/aromatic N) is 2. The summed E-state index contributed by atoms with van der Waals surface area (Å²) in [6.07, 6.45) is 5.38. The smallest absolute Gasteiger partial charge is 0.127 e. The molecule has 0 bridgehead atoms. The first-order valence-corrected chi connectivity index (χ1v) is 6.76. The molecule has 0 atom stereocenters. The lowest BCUT2D eigenvalue weighted by Gasteiger charge is -2.24. The van der Waals surface area contributed by atoms with Gasteiger partial charge in [-0.25, -0.2) is 4.98 Å². The third kappa shape index (κ3) is 4.63. The van der Waals surface area contributed by atoms with Gasteiger partial charge in [0.25, 0.3) is 0 Å². The van der Waals surface area contributed by atoms with Crippen molar-refractivity contribution in [3.63, 3.8) is 0 Å². The molecule has 1 aromatic heterocycles. The van der Waals surface area contributed by atoms with Crippen LogP contribution in [0.3, 0.4) is 0 Å². The highest BCUT2D eigenvalue weighted by Crippen LogP contribution is 2.17. The molecule has 0 aliphatic rings. The SMILES string of the molecule is CCCNc1cc(N(CCC)CCC)ccn1. The van der Waals surface area contributed by atoms with Crippen LogP contribution in [0.2, 0.25) is 0 Å². The summed E-state index contributed by atoms with van der Waals surface area (Å²) >= 11 is 0. The standard InChI is InChI=1S/C14H25N3/c1-4-8-15-14-12-13(7-9-16-14)17(10-5-2)11-6-3/h7,9,12H,4-6,8,10-11H2,1-3H3,(H,15,16). The molecule has 1 heterocycles. The van der Waals surface area contributed by atoms with E-state index in [-0.39, 0.29) is 0 Å². The molecule has 0 amide bonds. The maximum Gasteiger partial charge on any atom is 0.127 e. The Morgan fingerprint density at radius 1 is 1.12 bits per heavy atom. The Hall–Kier alpha value is -1.25. The van der Waals surface area contributed by atoms with E-state index < -0.39 is 0 Å². The Balaban J connectivity index is 2.72. The second-order valence-corrected chi connectivity index (χ2v) is 4.31. The molecular weight excluding hydrogens is 210 g/mol. The van der Waals surface area contributed by atoms with E-state index in [0.717, 1.165) is 31.9 Å². The predicted molar refractivity (Wildman–Crippen MR) is 75.8 cm³/mol. The monoisotopic (exact) mass is 235 g/mol. The van der Waals surface area contributed by atoms with Crippen molar-refractivity contribution in [3.8, 4) is 0 Å². The van der Waals surface area contributed by atoms with Crippen LogP contribution in [0.1, 0.15) is 40.0 Å². The number of pyridine rings is 1. The number of hydrogen-bond donors (Lipinski definition) is 1. The van der Waals surface area contributed by atoms with Crippen LogP contribution in [0.25, 0.3) is 0 Å². The van der Waals surface area contributed by atoms with E-state index in [0.29, 0.717) is 0 Å². The molecule has 3 nitrogen and oxygen atoms in total. The van der Waals surface area contributed by atoms with Crippen LogP contribution in [0.5, 0.6) is 0 Å². The van der Waals surface area contributed by atoms with Crippen molar-refractivity contribution in [1.29, 1.82) is 0 Å². The zero-order valence-electron chi connectivity index (χ0n) is 11.4. The van der Waals surface area contributed by atoms with Crippen LogP contribution in [-0.4, -0.2) is 24.6 Å². The predicted octanol–water partition coefficient (Wildman–Crippen LogP) is 3.53. The van der Waals surface area contributed by atoms with Crippen LogP contribution in [0, 0.1) is 0 Å². The fourth-order valence-corrected chi connectivity index (χ4v) is 1.88. The highest BCUT2D eigenvalue weighted by atomic mass is 15.1. The van der Waals surface area contributed by atoms with Gasteiger partial charge in [0.05, 0.1) is 0 Å². The van der Waals surface area contributed by atoms with Gasteiger partial charge in [0.1, 0.15) is 5.82 Å². The Morgan fingerprint density at radius 3 is 2.41 bits per heavy atom. The highest BCUT2D eigenvalue weighted by molar-refractivity contribution is 5.53. The molecule has 0 aromatic carbocycles. The minimum absolute atomic E-state index is 0.984. The first kappa shape index (κ1) is 13.8. The van der Waals surface area contributed by atoms with Gasteiger partial charge in [-0.15, -0.1) is 0 Å². The third-order valence-corrected chi connectivity index (χ3v) is 2.65. The summed E-state index contributed by atoms with van der Waals surface area (Å²) in [5, 5.41) is 3.34. The second-order valence-electron chi connectivity index (χ2n) is 4.31. The summed E-state index contributed by atoms with van der Waals surface area (Å²) in [5.74, 6) is 0.988. The molecule has 1 aromatic rings. The van der Waals surface area contributed by atoms with Crippen LogP contribution >= 0.6 is 0 Å². The molecule has 0 radical (unpaired) electrons. The zero-order chi connectivity index (χ0) is 12.5. The summed E-state index contributed by atoms with van der Waals surface area (Å²) in [5.41, 5.74) is 1.28. The van der Waals surface area contributed by atoms with Crippen molar-refractivity contribution in [2.45, 2.75) is 40.0 Å². The fraction of sp³-hybridized carbons (Fsp3) is 0.643. The van der Waals surface area contributed by atoms with Crippen molar-refractivity contribution >= 4 is 11.5 Å². The van der Waals surface area contributed by atoms with Crippen LogP contribution in [-0.2, 0) is 0 Å².